The Morgan fingerprint density at radius 3 is 2.76 bits per heavy atom. The molecule has 6 nitrogen and oxygen atoms in total. The smallest absolute Gasteiger partial charge is 0.414 e. The summed E-state index contributed by atoms with van der Waals surface area (Å²) in [6, 6.07) is 6.99. The third kappa shape index (κ3) is 3.79. The van der Waals surface area contributed by atoms with Gasteiger partial charge in [-0.05, 0) is 45.1 Å². The van der Waals surface area contributed by atoms with Crippen molar-refractivity contribution in [3.05, 3.63) is 53.9 Å². The van der Waals surface area contributed by atoms with Crippen LogP contribution in [0.1, 0.15) is 36.7 Å². The van der Waals surface area contributed by atoms with Crippen molar-refractivity contribution >= 4 is 23.6 Å². The molecule has 2 heterocycles. The maximum absolute atomic E-state index is 12.4. The van der Waals surface area contributed by atoms with Gasteiger partial charge in [0, 0.05) is 23.0 Å². The summed E-state index contributed by atoms with van der Waals surface area (Å²) in [6.45, 7) is 7.06. The maximum Gasteiger partial charge on any atom is 0.414 e. The fraction of sp³-hybridized carbons (Fsp3) is 0.316. The van der Waals surface area contributed by atoms with E-state index in [9.17, 15) is 9.59 Å². The molecule has 25 heavy (non-hydrogen) atoms. The van der Waals surface area contributed by atoms with Gasteiger partial charge in [0.15, 0.2) is 5.78 Å². The zero-order valence-corrected chi connectivity index (χ0v) is 14.6. The van der Waals surface area contributed by atoms with Gasteiger partial charge in [-0.3, -0.25) is 14.4 Å². The van der Waals surface area contributed by atoms with Crippen molar-refractivity contribution in [3.8, 4) is 0 Å². The number of aromatic nitrogens is 2. The van der Waals surface area contributed by atoms with E-state index in [1.165, 1.54) is 11.0 Å². The number of carbonyl (C=O) groups is 2. The topological polar surface area (TPSA) is 64.4 Å². The summed E-state index contributed by atoms with van der Waals surface area (Å²) in [5.41, 5.74) is 1.95. The molecule has 0 aliphatic carbocycles. The van der Waals surface area contributed by atoms with Gasteiger partial charge in [0.05, 0.1) is 18.3 Å². The van der Waals surface area contributed by atoms with Crippen LogP contribution >= 0.6 is 0 Å². The first-order valence-electron chi connectivity index (χ1n) is 8.16. The Bertz CT molecular complexity index is 830. The first-order valence-corrected chi connectivity index (χ1v) is 8.16. The number of ketones is 1. The Balaban J connectivity index is 1.75. The number of hydrogen-bond acceptors (Lipinski definition) is 4. The molecular weight excluding hydrogens is 318 g/mol. The maximum atomic E-state index is 12.4. The second-order valence-electron chi connectivity index (χ2n) is 6.90. The number of amides is 1. The first kappa shape index (κ1) is 17.0. The molecule has 2 aromatic rings. The van der Waals surface area contributed by atoms with Gasteiger partial charge >= 0.3 is 6.09 Å². The van der Waals surface area contributed by atoms with E-state index in [0.717, 1.165) is 5.56 Å². The van der Waals surface area contributed by atoms with Crippen molar-refractivity contribution in [2.75, 3.05) is 18.1 Å². The Labute approximate surface area is 146 Å². The zero-order valence-electron chi connectivity index (χ0n) is 14.6. The van der Waals surface area contributed by atoms with Crippen LogP contribution in [-0.2, 0) is 10.3 Å². The van der Waals surface area contributed by atoms with E-state index in [0.29, 0.717) is 24.4 Å². The van der Waals surface area contributed by atoms with Gasteiger partial charge in [0.25, 0.3) is 0 Å². The van der Waals surface area contributed by atoms with Crippen molar-refractivity contribution in [2.45, 2.75) is 26.3 Å². The normalized spacial score (nSPS) is 15.0. The fourth-order valence-electron chi connectivity index (χ4n) is 2.51. The second-order valence-corrected chi connectivity index (χ2v) is 6.90. The summed E-state index contributed by atoms with van der Waals surface area (Å²) in [6.07, 6.45) is 6.51. The highest BCUT2D eigenvalue weighted by Crippen LogP contribution is 2.21. The van der Waals surface area contributed by atoms with Gasteiger partial charge in [-0.2, -0.15) is 5.10 Å². The minimum absolute atomic E-state index is 0.102. The quantitative estimate of drug-likeness (QED) is 0.632. The summed E-state index contributed by atoms with van der Waals surface area (Å²) in [5.74, 6) is -0.127. The van der Waals surface area contributed by atoms with Crippen LogP contribution in [0, 0.1) is 0 Å². The Hall–Kier alpha value is -2.89. The summed E-state index contributed by atoms with van der Waals surface area (Å²) >= 11 is 0. The van der Waals surface area contributed by atoms with Crippen molar-refractivity contribution in [1.82, 2.24) is 9.78 Å². The van der Waals surface area contributed by atoms with Crippen LogP contribution in [0.4, 0.5) is 10.5 Å². The number of carbonyl (C=O) groups excluding carboxylic acids is 2. The lowest BCUT2D eigenvalue weighted by molar-refractivity contribution is 0.104. The predicted molar refractivity (Wildman–Crippen MR) is 95.7 cm³/mol. The van der Waals surface area contributed by atoms with Crippen LogP contribution in [0.25, 0.3) is 6.08 Å². The molecule has 0 bridgehead atoms. The number of rotatable bonds is 4. The Morgan fingerprint density at radius 1 is 1.32 bits per heavy atom. The van der Waals surface area contributed by atoms with Crippen LogP contribution in [0.5, 0.6) is 0 Å². The SMILES string of the molecule is CC(C)(C)n1cc(/C=C/C(=O)c2cccc(N3CCOC3=O)c2)cn1. The molecule has 130 valence electrons. The first-order chi connectivity index (χ1) is 11.8. The molecule has 1 aromatic carbocycles. The van der Waals surface area contributed by atoms with Gasteiger partial charge in [0.1, 0.15) is 6.61 Å². The van der Waals surface area contributed by atoms with E-state index in [-0.39, 0.29) is 17.4 Å². The minimum Gasteiger partial charge on any atom is -0.447 e. The number of benzene rings is 1. The van der Waals surface area contributed by atoms with E-state index in [4.69, 9.17) is 4.74 Å². The number of ether oxygens (including phenoxy) is 1. The molecule has 1 fully saturated rings. The summed E-state index contributed by atoms with van der Waals surface area (Å²) in [4.78, 5) is 25.6. The molecule has 0 atom stereocenters. The van der Waals surface area contributed by atoms with Gasteiger partial charge in [-0.1, -0.05) is 12.1 Å². The average molecular weight is 339 g/mol. The third-order valence-corrected chi connectivity index (χ3v) is 3.92. The van der Waals surface area contributed by atoms with Crippen molar-refractivity contribution < 1.29 is 14.3 Å². The Morgan fingerprint density at radius 2 is 2.12 bits per heavy atom. The fourth-order valence-corrected chi connectivity index (χ4v) is 2.51. The van der Waals surface area contributed by atoms with Crippen LogP contribution in [0.2, 0.25) is 0 Å². The third-order valence-electron chi connectivity index (χ3n) is 3.92. The number of cyclic esters (lactones) is 1. The molecular formula is C19H21N3O3. The molecule has 1 aliphatic heterocycles. The summed E-state index contributed by atoms with van der Waals surface area (Å²) in [5, 5.41) is 4.31. The van der Waals surface area contributed by atoms with Gasteiger partial charge < -0.3 is 4.74 Å². The molecule has 0 spiro atoms. The summed E-state index contributed by atoms with van der Waals surface area (Å²) < 4.78 is 6.79. The largest absolute Gasteiger partial charge is 0.447 e. The highest BCUT2D eigenvalue weighted by molar-refractivity contribution is 6.07. The predicted octanol–water partition coefficient (Wildman–Crippen LogP) is 3.49. The lowest BCUT2D eigenvalue weighted by atomic mass is 10.1. The molecule has 1 aromatic heterocycles. The molecule has 1 aliphatic rings. The molecule has 0 saturated carbocycles. The molecule has 3 rings (SSSR count). The molecule has 0 unspecified atom stereocenters. The Kier molecular flexibility index (Phi) is 4.44. The second kappa shape index (κ2) is 6.55. The molecule has 0 N–H and O–H groups in total. The lowest BCUT2D eigenvalue weighted by Crippen LogP contribution is -2.23. The molecule has 0 radical (unpaired) electrons. The van der Waals surface area contributed by atoms with Gasteiger partial charge in [0.2, 0.25) is 0 Å². The molecule has 1 amide bonds. The highest BCUT2D eigenvalue weighted by Gasteiger charge is 2.23. The van der Waals surface area contributed by atoms with E-state index in [2.05, 4.69) is 25.9 Å². The van der Waals surface area contributed by atoms with Crippen molar-refractivity contribution in [1.29, 1.82) is 0 Å². The minimum atomic E-state index is -0.380. The van der Waals surface area contributed by atoms with Crippen LogP contribution < -0.4 is 4.90 Å². The highest BCUT2D eigenvalue weighted by atomic mass is 16.6. The molecule has 6 heteroatoms. The summed E-state index contributed by atoms with van der Waals surface area (Å²) in [7, 11) is 0. The van der Waals surface area contributed by atoms with E-state index < -0.39 is 0 Å². The van der Waals surface area contributed by atoms with Crippen LogP contribution in [-0.4, -0.2) is 34.8 Å². The number of nitrogens with zero attached hydrogens (tertiary/aromatic N) is 3. The monoisotopic (exact) mass is 339 g/mol. The van der Waals surface area contributed by atoms with Gasteiger partial charge in [-0.25, -0.2) is 4.79 Å². The standard InChI is InChI=1S/C19H21N3O3/c1-19(2,3)22-13-14(12-20-22)7-8-17(23)15-5-4-6-16(11-15)21-9-10-25-18(21)24/h4-8,11-13H,9-10H2,1-3H3/b8-7+. The zero-order chi connectivity index (χ0) is 18.0. The van der Waals surface area contributed by atoms with E-state index in [1.807, 2.05) is 10.9 Å². The van der Waals surface area contributed by atoms with Crippen LogP contribution in [0.15, 0.2) is 42.7 Å². The van der Waals surface area contributed by atoms with Crippen LogP contribution in [0.3, 0.4) is 0 Å². The number of hydrogen-bond donors (Lipinski definition) is 0. The van der Waals surface area contributed by atoms with Crippen molar-refractivity contribution in [2.24, 2.45) is 0 Å². The van der Waals surface area contributed by atoms with E-state index >= 15 is 0 Å². The van der Waals surface area contributed by atoms with Crippen molar-refractivity contribution in [3.63, 3.8) is 0 Å². The number of anilines is 1. The van der Waals surface area contributed by atoms with Gasteiger partial charge in [-0.15, -0.1) is 0 Å². The van der Waals surface area contributed by atoms with E-state index in [1.54, 1.807) is 36.5 Å². The lowest BCUT2D eigenvalue weighted by Gasteiger charge is -2.18. The average Bonchev–Trinajstić information content (AvgIpc) is 3.21. The number of allylic oxidation sites excluding steroid dienone is 1. The molecule has 1 saturated heterocycles.